The number of aldehydes is 1. The zero-order valence-electron chi connectivity index (χ0n) is 8.01. The van der Waals surface area contributed by atoms with Gasteiger partial charge in [-0.15, -0.1) is 5.10 Å². The number of hydrogen-bond acceptors (Lipinski definition) is 3. The van der Waals surface area contributed by atoms with Crippen LogP contribution in [0.5, 0.6) is 0 Å². The first-order valence-electron chi connectivity index (χ1n) is 4.35. The predicted molar refractivity (Wildman–Crippen MR) is 56.5 cm³/mol. The molecule has 0 N–H and O–H groups in total. The summed E-state index contributed by atoms with van der Waals surface area (Å²) in [5.74, 6) is 0. The molecule has 1 aromatic heterocycles. The molecule has 0 saturated heterocycles. The van der Waals surface area contributed by atoms with Crippen molar-refractivity contribution >= 4 is 17.9 Å². The molecule has 0 spiro atoms. The number of benzene rings is 1. The van der Waals surface area contributed by atoms with E-state index in [0.717, 1.165) is 11.3 Å². The molecule has 0 amide bonds. The number of carbonyl (C=O) groups excluding carboxylic acids is 1. The van der Waals surface area contributed by atoms with Crippen LogP contribution in [-0.4, -0.2) is 21.3 Å². The van der Waals surface area contributed by atoms with Crippen LogP contribution < -0.4 is 0 Å². The van der Waals surface area contributed by atoms with Crippen LogP contribution in [0.15, 0.2) is 24.4 Å². The lowest BCUT2D eigenvalue weighted by atomic mass is 10.2. The molecule has 15 heavy (non-hydrogen) atoms. The predicted octanol–water partition coefficient (Wildman–Crippen LogP) is 2.04. The molecule has 5 heteroatoms. The van der Waals surface area contributed by atoms with E-state index in [2.05, 4.69) is 10.3 Å². The number of nitrogens with zero attached hydrogens (tertiary/aromatic N) is 3. The van der Waals surface area contributed by atoms with E-state index >= 15 is 0 Å². The quantitative estimate of drug-likeness (QED) is 0.730. The summed E-state index contributed by atoms with van der Waals surface area (Å²) >= 11 is 5.97. The minimum Gasteiger partial charge on any atom is -0.296 e. The Morgan fingerprint density at radius 2 is 2.27 bits per heavy atom. The van der Waals surface area contributed by atoms with Gasteiger partial charge in [0.15, 0.2) is 6.29 Å². The summed E-state index contributed by atoms with van der Waals surface area (Å²) in [5, 5.41) is 8.18. The van der Waals surface area contributed by atoms with Crippen molar-refractivity contribution in [3.63, 3.8) is 0 Å². The summed E-state index contributed by atoms with van der Waals surface area (Å²) in [6.07, 6.45) is 2.22. The first kappa shape index (κ1) is 9.86. The molecular formula is C10H8ClN3O. The van der Waals surface area contributed by atoms with Crippen LogP contribution in [0.3, 0.4) is 0 Å². The van der Waals surface area contributed by atoms with Gasteiger partial charge in [0.05, 0.1) is 11.9 Å². The van der Waals surface area contributed by atoms with Gasteiger partial charge in [-0.1, -0.05) is 22.9 Å². The maximum Gasteiger partial charge on any atom is 0.171 e. The van der Waals surface area contributed by atoms with Crippen molar-refractivity contribution in [1.82, 2.24) is 15.0 Å². The van der Waals surface area contributed by atoms with Crippen molar-refractivity contribution < 1.29 is 4.79 Å². The second-order valence-electron chi connectivity index (χ2n) is 3.09. The lowest BCUT2D eigenvalue weighted by Crippen LogP contribution is -1.97. The highest BCUT2D eigenvalue weighted by molar-refractivity contribution is 6.31. The van der Waals surface area contributed by atoms with Gasteiger partial charge in [-0.3, -0.25) is 4.79 Å². The fourth-order valence-electron chi connectivity index (χ4n) is 1.29. The maximum absolute atomic E-state index is 10.5. The number of hydrogen-bond donors (Lipinski definition) is 0. The zero-order chi connectivity index (χ0) is 10.8. The molecule has 0 aliphatic rings. The van der Waals surface area contributed by atoms with Crippen LogP contribution in [0.4, 0.5) is 0 Å². The third kappa shape index (κ3) is 1.76. The number of halogens is 1. The van der Waals surface area contributed by atoms with Crippen LogP contribution in [0, 0.1) is 6.92 Å². The van der Waals surface area contributed by atoms with Gasteiger partial charge in [0.25, 0.3) is 0 Å². The first-order chi connectivity index (χ1) is 7.22. The van der Waals surface area contributed by atoms with E-state index in [9.17, 15) is 4.79 Å². The molecule has 0 radical (unpaired) electrons. The van der Waals surface area contributed by atoms with Gasteiger partial charge in [0.1, 0.15) is 5.69 Å². The average molecular weight is 222 g/mol. The minimum absolute atomic E-state index is 0.300. The normalized spacial score (nSPS) is 10.3. The third-order valence-corrected chi connectivity index (χ3v) is 2.53. The summed E-state index contributed by atoms with van der Waals surface area (Å²) in [6, 6.07) is 5.50. The van der Waals surface area contributed by atoms with Crippen molar-refractivity contribution in [2.24, 2.45) is 0 Å². The monoisotopic (exact) mass is 221 g/mol. The lowest BCUT2D eigenvalue weighted by Gasteiger charge is -2.05. The van der Waals surface area contributed by atoms with Gasteiger partial charge in [0.2, 0.25) is 0 Å². The largest absolute Gasteiger partial charge is 0.296 e. The molecule has 0 atom stereocenters. The Labute approximate surface area is 91.5 Å². The number of rotatable bonds is 2. The molecule has 0 aliphatic heterocycles. The van der Waals surface area contributed by atoms with Gasteiger partial charge in [0, 0.05) is 5.02 Å². The Balaban J connectivity index is 2.53. The molecule has 76 valence electrons. The van der Waals surface area contributed by atoms with Crippen LogP contribution >= 0.6 is 11.6 Å². The van der Waals surface area contributed by atoms with Crippen LogP contribution in [0.1, 0.15) is 16.1 Å². The second-order valence-corrected chi connectivity index (χ2v) is 3.50. The van der Waals surface area contributed by atoms with Crippen LogP contribution in [-0.2, 0) is 0 Å². The number of aromatic nitrogens is 3. The van der Waals surface area contributed by atoms with Gasteiger partial charge >= 0.3 is 0 Å². The average Bonchev–Trinajstić information content (AvgIpc) is 2.70. The SMILES string of the molecule is Cc1c(Cl)cccc1-n1cc(C=O)nn1. The van der Waals surface area contributed by atoms with Crippen molar-refractivity contribution in [2.45, 2.75) is 6.92 Å². The van der Waals surface area contributed by atoms with Crippen molar-refractivity contribution in [2.75, 3.05) is 0 Å². The smallest absolute Gasteiger partial charge is 0.171 e. The van der Waals surface area contributed by atoms with E-state index in [-0.39, 0.29) is 0 Å². The molecule has 2 aromatic rings. The standard InChI is InChI=1S/C10H8ClN3O/c1-7-9(11)3-2-4-10(7)14-5-8(6-15)12-13-14/h2-6H,1H3. The third-order valence-electron chi connectivity index (χ3n) is 2.12. The van der Waals surface area contributed by atoms with Crippen LogP contribution in [0.25, 0.3) is 5.69 Å². The maximum atomic E-state index is 10.5. The second kappa shape index (κ2) is 3.82. The molecule has 1 aromatic carbocycles. The molecule has 2 rings (SSSR count). The Bertz CT molecular complexity index is 507. The van der Waals surface area contributed by atoms with E-state index in [1.807, 2.05) is 19.1 Å². The summed E-state index contributed by atoms with van der Waals surface area (Å²) < 4.78 is 1.53. The van der Waals surface area contributed by atoms with Crippen molar-refractivity contribution in [1.29, 1.82) is 0 Å². The van der Waals surface area contributed by atoms with E-state index in [1.54, 1.807) is 12.3 Å². The summed E-state index contributed by atoms with van der Waals surface area (Å²) in [5.41, 5.74) is 2.03. The molecular weight excluding hydrogens is 214 g/mol. The van der Waals surface area contributed by atoms with E-state index in [4.69, 9.17) is 11.6 Å². The van der Waals surface area contributed by atoms with Crippen molar-refractivity contribution in [3.05, 3.63) is 40.7 Å². The van der Waals surface area contributed by atoms with E-state index in [0.29, 0.717) is 17.0 Å². The first-order valence-corrected chi connectivity index (χ1v) is 4.73. The summed E-state index contributed by atoms with van der Waals surface area (Å²) in [6.45, 7) is 1.89. The van der Waals surface area contributed by atoms with Gasteiger partial charge < -0.3 is 0 Å². The molecule has 0 fully saturated rings. The Kier molecular flexibility index (Phi) is 2.51. The fraction of sp³-hybridized carbons (Fsp3) is 0.100. The highest BCUT2D eigenvalue weighted by Gasteiger charge is 2.06. The molecule has 4 nitrogen and oxygen atoms in total. The van der Waals surface area contributed by atoms with Gasteiger partial charge in [-0.05, 0) is 24.6 Å². The number of carbonyl (C=O) groups is 1. The highest BCUT2D eigenvalue weighted by atomic mass is 35.5. The summed E-state index contributed by atoms with van der Waals surface area (Å²) in [4.78, 5) is 10.5. The van der Waals surface area contributed by atoms with Gasteiger partial charge in [-0.25, -0.2) is 4.68 Å². The topological polar surface area (TPSA) is 47.8 Å². The van der Waals surface area contributed by atoms with Crippen LogP contribution in [0.2, 0.25) is 5.02 Å². The molecule has 1 heterocycles. The fourth-order valence-corrected chi connectivity index (χ4v) is 1.46. The summed E-state index contributed by atoms with van der Waals surface area (Å²) in [7, 11) is 0. The van der Waals surface area contributed by atoms with Gasteiger partial charge in [-0.2, -0.15) is 0 Å². The van der Waals surface area contributed by atoms with E-state index in [1.165, 1.54) is 4.68 Å². The molecule has 0 saturated carbocycles. The highest BCUT2D eigenvalue weighted by Crippen LogP contribution is 2.21. The van der Waals surface area contributed by atoms with E-state index < -0.39 is 0 Å². The molecule has 0 bridgehead atoms. The van der Waals surface area contributed by atoms with Crippen molar-refractivity contribution in [3.8, 4) is 5.69 Å². The Morgan fingerprint density at radius 1 is 1.47 bits per heavy atom. The molecule has 0 aliphatic carbocycles. The molecule has 0 unspecified atom stereocenters. The minimum atomic E-state index is 0.300. The Morgan fingerprint density at radius 3 is 2.93 bits per heavy atom. The zero-order valence-corrected chi connectivity index (χ0v) is 8.77. The Hall–Kier alpha value is -1.68. The lowest BCUT2D eigenvalue weighted by molar-refractivity contribution is 0.111.